The Hall–Kier alpha value is -2.34. The van der Waals surface area contributed by atoms with Crippen LogP contribution in [-0.4, -0.2) is 12.0 Å². The zero-order valence-electron chi connectivity index (χ0n) is 9.88. The molecule has 2 aromatic rings. The number of nitriles is 1. The number of hydrogen-bond donors (Lipinski definition) is 0. The van der Waals surface area contributed by atoms with Crippen molar-refractivity contribution in [3.63, 3.8) is 0 Å². The molecule has 0 bridgehead atoms. The first-order valence-electron chi connectivity index (χ1n) is 5.38. The Balaban J connectivity index is 2.44. The molecule has 0 N–H and O–H groups in total. The van der Waals surface area contributed by atoms with Crippen molar-refractivity contribution in [1.82, 2.24) is 4.98 Å². The third kappa shape index (κ3) is 2.26. The number of aromatic nitrogens is 1. The van der Waals surface area contributed by atoms with Gasteiger partial charge in [-0.25, -0.2) is 4.98 Å². The Labute approximate surface area is 101 Å². The zero-order chi connectivity index (χ0) is 12.3. The molecule has 0 atom stereocenters. The first-order chi connectivity index (χ1) is 8.22. The Morgan fingerprint density at radius 2 is 2.00 bits per heavy atom. The molecule has 0 spiro atoms. The van der Waals surface area contributed by atoms with Crippen LogP contribution in [0, 0.1) is 18.3 Å². The molecule has 84 valence electrons. The van der Waals surface area contributed by atoms with Gasteiger partial charge in [0, 0.05) is 13.2 Å². The van der Waals surface area contributed by atoms with Gasteiger partial charge in [0.05, 0.1) is 11.3 Å². The van der Waals surface area contributed by atoms with Crippen molar-refractivity contribution < 1.29 is 0 Å². The van der Waals surface area contributed by atoms with Crippen LogP contribution in [0.5, 0.6) is 0 Å². The monoisotopic (exact) mass is 223 g/mol. The van der Waals surface area contributed by atoms with Crippen LogP contribution in [-0.2, 0) is 0 Å². The third-order valence-electron chi connectivity index (χ3n) is 2.63. The van der Waals surface area contributed by atoms with Crippen molar-refractivity contribution in [2.45, 2.75) is 6.92 Å². The first kappa shape index (κ1) is 11.2. The summed E-state index contributed by atoms with van der Waals surface area (Å²) in [7, 11) is 1.91. The molecule has 0 aliphatic heterocycles. The van der Waals surface area contributed by atoms with Gasteiger partial charge in [-0.05, 0) is 36.8 Å². The maximum atomic E-state index is 9.07. The van der Waals surface area contributed by atoms with Gasteiger partial charge >= 0.3 is 0 Å². The minimum absolute atomic E-state index is 0.651. The van der Waals surface area contributed by atoms with Gasteiger partial charge in [-0.3, -0.25) is 0 Å². The summed E-state index contributed by atoms with van der Waals surface area (Å²) in [5, 5.41) is 9.07. The smallest absolute Gasteiger partial charge is 0.132 e. The van der Waals surface area contributed by atoms with E-state index in [4.69, 9.17) is 5.26 Å². The normalized spacial score (nSPS) is 9.71. The predicted octanol–water partition coefficient (Wildman–Crippen LogP) is 3.03. The van der Waals surface area contributed by atoms with Gasteiger partial charge in [0.15, 0.2) is 0 Å². The molecule has 0 amide bonds. The molecule has 2 rings (SSSR count). The molecular formula is C14H13N3. The number of para-hydroxylation sites is 1. The Morgan fingerprint density at radius 3 is 2.71 bits per heavy atom. The van der Waals surface area contributed by atoms with Gasteiger partial charge in [0.25, 0.3) is 0 Å². The molecule has 1 aromatic carbocycles. The second-order valence-corrected chi connectivity index (χ2v) is 3.88. The van der Waals surface area contributed by atoms with E-state index in [0.29, 0.717) is 5.56 Å². The summed E-state index contributed by atoms with van der Waals surface area (Å²) in [5.74, 6) is 0.840. The molecule has 17 heavy (non-hydrogen) atoms. The van der Waals surface area contributed by atoms with Gasteiger partial charge in [-0.2, -0.15) is 5.26 Å². The highest BCUT2D eigenvalue weighted by Gasteiger charge is 2.09. The van der Waals surface area contributed by atoms with Crippen LogP contribution in [0.3, 0.4) is 0 Å². The molecule has 1 aromatic heterocycles. The van der Waals surface area contributed by atoms with Crippen LogP contribution >= 0.6 is 0 Å². The highest BCUT2D eigenvalue weighted by atomic mass is 15.2. The summed E-state index contributed by atoms with van der Waals surface area (Å²) < 4.78 is 0. The summed E-state index contributed by atoms with van der Waals surface area (Å²) in [6, 6.07) is 13.6. The predicted molar refractivity (Wildman–Crippen MR) is 68.2 cm³/mol. The maximum Gasteiger partial charge on any atom is 0.132 e. The van der Waals surface area contributed by atoms with E-state index in [0.717, 1.165) is 17.1 Å². The summed E-state index contributed by atoms with van der Waals surface area (Å²) in [6.07, 6.45) is 1.77. The van der Waals surface area contributed by atoms with Gasteiger partial charge in [-0.1, -0.05) is 12.1 Å². The van der Waals surface area contributed by atoms with E-state index < -0.39 is 0 Å². The van der Waals surface area contributed by atoms with Crippen molar-refractivity contribution >= 4 is 11.5 Å². The van der Waals surface area contributed by atoms with Crippen molar-refractivity contribution in [2.75, 3.05) is 11.9 Å². The van der Waals surface area contributed by atoms with Crippen LogP contribution in [0.4, 0.5) is 11.5 Å². The molecule has 0 radical (unpaired) electrons. The number of pyridine rings is 1. The van der Waals surface area contributed by atoms with Gasteiger partial charge in [0.2, 0.25) is 0 Å². The standard InChI is InChI=1S/C14H13N3/c1-11-7-8-16-14(9-11)17(2)13-6-4-3-5-12(13)10-15/h3-9H,1-2H3. The Kier molecular flexibility index (Phi) is 3.06. The van der Waals surface area contributed by atoms with Crippen molar-refractivity contribution in [2.24, 2.45) is 0 Å². The summed E-state index contributed by atoms with van der Waals surface area (Å²) >= 11 is 0. The molecule has 0 unspecified atom stereocenters. The lowest BCUT2D eigenvalue weighted by Gasteiger charge is -2.19. The van der Waals surface area contributed by atoms with E-state index in [2.05, 4.69) is 11.1 Å². The zero-order valence-corrected chi connectivity index (χ0v) is 9.88. The van der Waals surface area contributed by atoms with E-state index in [-0.39, 0.29) is 0 Å². The van der Waals surface area contributed by atoms with Gasteiger partial charge in [-0.15, -0.1) is 0 Å². The lowest BCUT2D eigenvalue weighted by Crippen LogP contribution is -2.12. The molecule has 1 heterocycles. The Bertz CT molecular complexity index is 570. The lowest BCUT2D eigenvalue weighted by molar-refractivity contribution is 1.11. The third-order valence-corrected chi connectivity index (χ3v) is 2.63. The minimum atomic E-state index is 0.651. The molecule has 0 aliphatic rings. The van der Waals surface area contributed by atoms with Crippen LogP contribution in [0.1, 0.15) is 11.1 Å². The van der Waals surface area contributed by atoms with E-state index in [1.807, 2.05) is 55.3 Å². The van der Waals surface area contributed by atoms with Crippen molar-refractivity contribution in [1.29, 1.82) is 5.26 Å². The highest BCUT2D eigenvalue weighted by molar-refractivity contribution is 5.66. The second kappa shape index (κ2) is 4.67. The molecule has 3 nitrogen and oxygen atoms in total. The fraction of sp³-hybridized carbons (Fsp3) is 0.143. The molecule has 0 saturated carbocycles. The average molecular weight is 223 g/mol. The first-order valence-corrected chi connectivity index (χ1v) is 5.38. The number of hydrogen-bond acceptors (Lipinski definition) is 3. The number of aryl methyl sites for hydroxylation is 1. The molecule has 3 heteroatoms. The SMILES string of the molecule is Cc1ccnc(N(C)c2ccccc2C#N)c1. The molecule has 0 saturated heterocycles. The number of anilines is 2. The Morgan fingerprint density at radius 1 is 1.24 bits per heavy atom. The van der Waals surface area contributed by atoms with Crippen LogP contribution in [0.2, 0.25) is 0 Å². The summed E-state index contributed by atoms with van der Waals surface area (Å²) in [5.41, 5.74) is 2.67. The topological polar surface area (TPSA) is 39.9 Å². The summed E-state index contributed by atoms with van der Waals surface area (Å²) in [6.45, 7) is 2.02. The quantitative estimate of drug-likeness (QED) is 0.785. The van der Waals surface area contributed by atoms with Crippen molar-refractivity contribution in [3.05, 3.63) is 53.7 Å². The van der Waals surface area contributed by atoms with Crippen molar-refractivity contribution in [3.8, 4) is 6.07 Å². The van der Waals surface area contributed by atoms with E-state index in [9.17, 15) is 0 Å². The second-order valence-electron chi connectivity index (χ2n) is 3.88. The van der Waals surface area contributed by atoms with Crippen LogP contribution in [0.15, 0.2) is 42.6 Å². The fourth-order valence-electron chi connectivity index (χ4n) is 1.69. The van der Waals surface area contributed by atoms with E-state index >= 15 is 0 Å². The fourth-order valence-corrected chi connectivity index (χ4v) is 1.69. The lowest BCUT2D eigenvalue weighted by atomic mass is 10.2. The summed E-state index contributed by atoms with van der Waals surface area (Å²) in [4.78, 5) is 6.23. The molecule has 0 aliphatic carbocycles. The van der Waals surface area contributed by atoms with Crippen LogP contribution < -0.4 is 4.90 Å². The average Bonchev–Trinajstić information content (AvgIpc) is 2.38. The number of benzene rings is 1. The van der Waals surface area contributed by atoms with Crippen LogP contribution in [0.25, 0.3) is 0 Å². The molecule has 0 fully saturated rings. The largest absolute Gasteiger partial charge is 0.328 e. The minimum Gasteiger partial charge on any atom is -0.328 e. The van der Waals surface area contributed by atoms with Gasteiger partial charge in [0.1, 0.15) is 11.9 Å². The number of rotatable bonds is 2. The number of nitrogens with zero attached hydrogens (tertiary/aromatic N) is 3. The highest BCUT2D eigenvalue weighted by Crippen LogP contribution is 2.25. The van der Waals surface area contributed by atoms with E-state index in [1.54, 1.807) is 6.20 Å². The van der Waals surface area contributed by atoms with Gasteiger partial charge < -0.3 is 4.90 Å². The molecular weight excluding hydrogens is 210 g/mol. The maximum absolute atomic E-state index is 9.07. The van der Waals surface area contributed by atoms with E-state index in [1.165, 1.54) is 0 Å².